The van der Waals surface area contributed by atoms with Crippen LogP contribution in [0.25, 0.3) is 0 Å². The maximum absolute atomic E-state index is 13.0. The molecule has 2 aliphatic heterocycles. The first-order valence-electron chi connectivity index (χ1n) is 10.2. The minimum atomic E-state index is -2.33. The Balaban J connectivity index is 1.32. The van der Waals surface area contributed by atoms with Gasteiger partial charge in [0.25, 0.3) is 5.91 Å². The molecule has 1 amide bonds. The van der Waals surface area contributed by atoms with Crippen LogP contribution in [0, 0.1) is 11.8 Å². The molecule has 2 aromatic carbocycles. The van der Waals surface area contributed by atoms with E-state index >= 15 is 0 Å². The zero-order chi connectivity index (χ0) is 21.0. The molecule has 156 valence electrons. The molecule has 2 saturated heterocycles. The van der Waals surface area contributed by atoms with E-state index in [9.17, 15) is 23.5 Å². The smallest absolute Gasteiger partial charge is 0.253 e. The van der Waals surface area contributed by atoms with Gasteiger partial charge in [0.1, 0.15) is 0 Å². The minimum Gasteiger partial charge on any atom is -0.339 e. The van der Waals surface area contributed by atoms with E-state index in [2.05, 4.69) is 0 Å². The van der Waals surface area contributed by atoms with Gasteiger partial charge in [-0.1, -0.05) is 24.3 Å². The van der Waals surface area contributed by atoms with Crippen LogP contribution in [0.4, 0.5) is 0 Å². The first-order chi connectivity index (χ1) is 14.3. The molecule has 0 spiro atoms. The summed E-state index contributed by atoms with van der Waals surface area (Å²) in [5, 5.41) is 0. The molecule has 2 fully saturated rings. The molecule has 0 unspecified atom stereocenters. The molecule has 0 radical (unpaired) electrons. The van der Waals surface area contributed by atoms with Gasteiger partial charge in [0, 0.05) is 52.4 Å². The average Bonchev–Trinajstić information content (AvgIpc) is 2.75. The number of ketones is 2. The van der Waals surface area contributed by atoms with Crippen LogP contribution in [-0.2, 0) is 0 Å². The van der Waals surface area contributed by atoms with Crippen molar-refractivity contribution in [2.45, 2.75) is 12.8 Å². The first-order valence-corrected chi connectivity index (χ1v) is 12.1. The Morgan fingerprint density at radius 1 is 0.833 bits per heavy atom. The van der Waals surface area contributed by atoms with Gasteiger partial charge in [0.15, 0.2) is 11.6 Å². The number of carbonyl (C=O) groups is 3. The second-order valence-corrected chi connectivity index (χ2v) is 10.8. The molecule has 0 bridgehead atoms. The van der Waals surface area contributed by atoms with Crippen LogP contribution in [0.15, 0.2) is 42.5 Å². The van der Waals surface area contributed by atoms with E-state index in [-0.39, 0.29) is 17.5 Å². The fourth-order valence-electron chi connectivity index (χ4n) is 4.90. The molecule has 7 heteroatoms. The van der Waals surface area contributed by atoms with Gasteiger partial charge in [-0.25, -0.2) is 0 Å². The summed E-state index contributed by atoms with van der Waals surface area (Å²) in [7, 11) is -2.33. The number of rotatable bonds is 2. The maximum Gasteiger partial charge on any atom is 0.253 e. The Hall–Kier alpha value is -2.48. The van der Waals surface area contributed by atoms with Crippen LogP contribution in [0.2, 0.25) is 0 Å². The van der Waals surface area contributed by atoms with Crippen LogP contribution in [0.5, 0.6) is 0 Å². The van der Waals surface area contributed by atoms with E-state index in [1.54, 1.807) is 47.4 Å². The number of fused-ring (bicyclic) bond motifs is 2. The van der Waals surface area contributed by atoms with Gasteiger partial charge in [-0.15, -0.1) is 0 Å². The Kier molecular flexibility index (Phi) is 4.57. The van der Waals surface area contributed by atoms with E-state index in [1.807, 2.05) is 0 Å². The number of nitrogens with zero attached hydrogens (tertiary/aromatic N) is 1. The lowest BCUT2D eigenvalue weighted by atomic mass is 9.83. The highest BCUT2D eigenvalue weighted by molar-refractivity contribution is 8.25. The third-order valence-electron chi connectivity index (χ3n) is 6.63. The summed E-state index contributed by atoms with van der Waals surface area (Å²) in [5.74, 6) is 1.22. The van der Waals surface area contributed by atoms with E-state index in [0.717, 1.165) is 12.8 Å². The lowest BCUT2D eigenvalue weighted by Gasteiger charge is -2.51. The zero-order valence-electron chi connectivity index (χ0n) is 16.4. The third-order valence-corrected chi connectivity index (χ3v) is 8.55. The normalized spacial score (nSPS) is 22.1. The van der Waals surface area contributed by atoms with Gasteiger partial charge in [-0.3, -0.25) is 23.5 Å². The summed E-state index contributed by atoms with van der Waals surface area (Å²) >= 11 is 0. The lowest BCUT2D eigenvalue weighted by Crippen LogP contribution is -2.45. The van der Waals surface area contributed by atoms with Gasteiger partial charge in [-0.05, 0) is 42.9 Å². The molecule has 2 aromatic rings. The van der Waals surface area contributed by atoms with Gasteiger partial charge in [-0.2, -0.15) is 10.6 Å². The third kappa shape index (κ3) is 3.17. The second kappa shape index (κ2) is 7.04. The standard InChI is InChI=1S/C23H23NO5S/c25-21-17-3-1-2-4-18(17)22(26)20-11-15(5-6-19(20)21)23(27)24-9-7-14(8-10-24)16-12-30(28,29)13-16/h1-6,11,14,16,28-29H,7-10,12-13H2. The second-order valence-electron chi connectivity index (χ2n) is 8.49. The predicted octanol–water partition coefficient (Wildman–Crippen LogP) is 3.69. The quantitative estimate of drug-likeness (QED) is 0.653. The number of benzene rings is 2. The van der Waals surface area contributed by atoms with Crippen molar-refractivity contribution >= 4 is 28.1 Å². The van der Waals surface area contributed by atoms with Crippen molar-refractivity contribution in [1.29, 1.82) is 0 Å². The monoisotopic (exact) mass is 425 g/mol. The minimum absolute atomic E-state index is 0.131. The van der Waals surface area contributed by atoms with Crippen LogP contribution in [0.3, 0.4) is 0 Å². The molecule has 1 aliphatic carbocycles. The highest BCUT2D eigenvalue weighted by Crippen LogP contribution is 2.55. The Labute approximate surface area is 176 Å². The molecule has 30 heavy (non-hydrogen) atoms. The van der Waals surface area contributed by atoms with E-state index in [1.165, 1.54) is 0 Å². The lowest BCUT2D eigenvalue weighted by molar-refractivity contribution is 0.0662. The molecular formula is C23H23NO5S. The van der Waals surface area contributed by atoms with Crippen molar-refractivity contribution in [2.24, 2.45) is 11.8 Å². The van der Waals surface area contributed by atoms with Gasteiger partial charge >= 0.3 is 0 Å². The van der Waals surface area contributed by atoms with Crippen molar-refractivity contribution in [3.05, 3.63) is 70.3 Å². The summed E-state index contributed by atoms with van der Waals surface area (Å²) in [6.07, 6.45) is 1.70. The zero-order valence-corrected chi connectivity index (χ0v) is 17.2. The summed E-state index contributed by atoms with van der Waals surface area (Å²) < 4.78 is 19.2. The summed E-state index contributed by atoms with van der Waals surface area (Å²) in [4.78, 5) is 40.5. The number of hydrogen-bond acceptors (Lipinski definition) is 5. The van der Waals surface area contributed by atoms with Gasteiger partial charge in [0.2, 0.25) is 0 Å². The van der Waals surface area contributed by atoms with Gasteiger partial charge < -0.3 is 4.90 Å². The number of likely N-dealkylation sites (tertiary alicyclic amines) is 1. The fourth-order valence-corrected chi connectivity index (χ4v) is 6.72. The highest BCUT2D eigenvalue weighted by Gasteiger charge is 2.40. The van der Waals surface area contributed by atoms with Crippen molar-refractivity contribution in [3.63, 3.8) is 0 Å². The molecule has 0 atom stereocenters. The highest BCUT2D eigenvalue weighted by atomic mass is 32.3. The predicted molar refractivity (Wildman–Crippen MR) is 114 cm³/mol. The Morgan fingerprint density at radius 2 is 1.40 bits per heavy atom. The summed E-state index contributed by atoms with van der Waals surface area (Å²) in [6.45, 7) is 1.23. The summed E-state index contributed by atoms with van der Waals surface area (Å²) in [6, 6.07) is 11.5. The molecular weight excluding hydrogens is 402 g/mol. The van der Waals surface area contributed by atoms with Crippen molar-refractivity contribution < 1.29 is 23.5 Å². The largest absolute Gasteiger partial charge is 0.339 e. The van der Waals surface area contributed by atoms with E-state index in [0.29, 0.717) is 64.2 Å². The van der Waals surface area contributed by atoms with Crippen LogP contribution in [-0.4, -0.2) is 56.1 Å². The first kappa shape index (κ1) is 19.5. The maximum atomic E-state index is 13.0. The number of piperidine rings is 1. The SMILES string of the molecule is O=C1c2ccccc2C(=O)c2cc(C(=O)N3CCC(C4CS(O)(O)C4)CC3)ccc21. The molecule has 2 N–H and O–H groups in total. The molecule has 3 aliphatic rings. The molecule has 0 aromatic heterocycles. The van der Waals surface area contributed by atoms with E-state index < -0.39 is 10.6 Å². The molecule has 2 heterocycles. The number of hydrogen-bond donors (Lipinski definition) is 2. The van der Waals surface area contributed by atoms with Gasteiger partial charge in [0.05, 0.1) is 0 Å². The van der Waals surface area contributed by atoms with Crippen molar-refractivity contribution in [1.82, 2.24) is 4.90 Å². The number of amides is 1. The fraction of sp³-hybridized carbons (Fsp3) is 0.348. The van der Waals surface area contributed by atoms with E-state index in [4.69, 9.17) is 0 Å². The Morgan fingerprint density at radius 3 is 2.00 bits per heavy atom. The average molecular weight is 426 g/mol. The molecule has 6 nitrogen and oxygen atoms in total. The van der Waals surface area contributed by atoms with Crippen molar-refractivity contribution in [3.8, 4) is 0 Å². The topological polar surface area (TPSA) is 94.9 Å². The van der Waals surface area contributed by atoms with Crippen LogP contribution >= 0.6 is 10.6 Å². The Bertz CT molecular complexity index is 1060. The van der Waals surface area contributed by atoms with Crippen molar-refractivity contribution in [2.75, 3.05) is 24.6 Å². The summed E-state index contributed by atoms with van der Waals surface area (Å²) in [5.41, 5.74) is 1.85. The molecule has 5 rings (SSSR count). The number of carbonyl (C=O) groups excluding carboxylic acids is 3. The molecule has 0 saturated carbocycles. The van der Waals surface area contributed by atoms with Crippen LogP contribution in [0.1, 0.15) is 55.0 Å². The van der Waals surface area contributed by atoms with Crippen LogP contribution < -0.4 is 0 Å².